The average molecular weight is 346 g/mol. The third kappa shape index (κ3) is 3.68. The lowest BCUT2D eigenvalue weighted by Crippen LogP contribution is -2.39. The Kier molecular flexibility index (Phi) is 4.91. The molecule has 0 bridgehead atoms. The Morgan fingerprint density at radius 2 is 2.29 bits per heavy atom. The summed E-state index contributed by atoms with van der Waals surface area (Å²) in [5.74, 6) is 1.63. The molecular weight excluding hydrogens is 324 g/mol. The van der Waals surface area contributed by atoms with Crippen molar-refractivity contribution in [3.63, 3.8) is 0 Å². The number of nitrogens with one attached hydrogen (secondary N) is 1. The van der Waals surface area contributed by atoms with Gasteiger partial charge in [0.1, 0.15) is 11.9 Å². The van der Waals surface area contributed by atoms with Gasteiger partial charge in [-0.15, -0.1) is 0 Å². The van der Waals surface area contributed by atoms with Gasteiger partial charge < -0.3 is 19.7 Å². The van der Waals surface area contributed by atoms with Gasteiger partial charge in [-0.1, -0.05) is 0 Å². The summed E-state index contributed by atoms with van der Waals surface area (Å²) in [6, 6.07) is 4.39. The predicted octanol–water partition coefficient (Wildman–Crippen LogP) is 2.71. The number of ether oxygens (including phenoxy) is 2. The number of aromatic nitrogens is 2. The molecule has 4 rings (SSSR count). The van der Waals surface area contributed by atoms with E-state index in [9.17, 15) is 0 Å². The summed E-state index contributed by atoms with van der Waals surface area (Å²) in [6.45, 7) is 3.91. The van der Waals surface area contributed by atoms with Crippen LogP contribution in [0.25, 0.3) is 0 Å². The molecule has 2 aliphatic heterocycles. The summed E-state index contributed by atoms with van der Waals surface area (Å²) in [6.07, 6.45) is 4.14. The SMILES string of the molecule is c1cc(NC2CCCOC2)nc(N2CCOC(c3ccsc3)C2)n1. The van der Waals surface area contributed by atoms with Crippen LogP contribution in [0.15, 0.2) is 29.1 Å². The highest BCUT2D eigenvalue weighted by Gasteiger charge is 2.24. The fourth-order valence-corrected chi connectivity index (χ4v) is 3.84. The minimum atomic E-state index is 0.0944. The fourth-order valence-electron chi connectivity index (χ4n) is 3.14. The molecule has 2 fully saturated rings. The van der Waals surface area contributed by atoms with E-state index in [0.29, 0.717) is 12.6 Å². The van der Waals surface area contributed by atoms with Gasteiger partial charge in [0.2, 0.25) is 5.95 Å². The zero-order valence-corrected chi connectivity index (χ0v) is 14.4. The van der Waals surface area contributed by atoms with Crippen molar-refractivity contribution in [1.29, 1.82) is 0 Å². The first-order valence-corrected chi connectivity index (χ1v) is 9.39. The minimum Gasteiger partial charge on any atom is -0.379 e. The Bertz CT molecular complexity index is 646. The first kappa shape index (κ1) is 15.8. The van der Waals surface area contributed by atoms with Gasteiger partial charge in [0.05, 0.1) is 25.8 Å². The monoisotopic (exact) mass is 346 g/mol. The summed E-state index contributed by atoms with van der Waals surface area (Å²) < 4.78 is 11.4. The first-order chi connectivity index (χ1) is 11.9. The Balaban J connectivity index is 1.44. The molecule has 0 aromatic carbocycles. The molecular formula is C17H22N4O2S. The van der Waals surface area contributed by atoms with Crippen LogP contribution in [-0.4, -0.2) is 48.9 Å². The maximum atomic E-state index is 5.90. The first-order valence-electron chi connectivity index (χ1n) is 8.44. The second kappa shape index (κ2) is 7.46. The van der Waals surface area contributed by atoms with Gasteiger partial charge >= 0.3 is 0 Å². The van der Waals surface area contributed by atoms with Gasteiger partial charge in [0.15, 0.2) is 0 Å². The van der Waals surface area contributed by atoms with Crippen molar-refractivity contribution in [3.8, 4) is 0 Å². The van der Waals surface area contributed by atoms with Crippen molar-refractivity contribution < 1.29 is 9.47 Å². The molecule has 0 spiro atoms. The number of nitrogens with zero attached hydrogens (tertiary/aromatic N) is 3. The molecule has 0 saturated carbocycles. The molecule has 2 aromatic rings. The minimum absolute atomic E-state index is 0.0944. The van der Waals surface area contributed by atoms with Crippen LogP contribution in [0.3, 0.4) is 0 Å². The van der Waals surface area contributed by atoms with Crippen molar-refractivity contribution in [2.45, 2.75) is 25.0 Å². The lowest BCUT2D eigenvalue weighted by molar-refractivity contribution is 0.0395. The van der Waals surface area contributed by atoms with Gasteiger partial charge in [-0.3, -0.25) is 0 Å². The molecule has 7 heteroatoms. The normalized spacial score (nSPS) is 24.8. The Morgan fingerprint density at radius 1 is 1.29 bits per heavy atom. The summed E-state index contributed by atoms with van der Waals surface area (Å²) in [4.78, 5) is 11.4. The molecule has 2 saturated heterocycles. The standard InChI is InChI=1S/C17H22N4O2S/c1-2-14(11-22-7-1)19-16-3-5-18-17(20-16)21-6-8-23-15(10-21)13-4-9-24-12-13/h3-5,9,12,14-15H,1-2,6-8,10-11H2,(H,18,19,20). The van der Waals surface area contributed by atoms with Crippen LogP contribution in [0.5, 0.6) is 0 Å². The van der Waals surface area contributed by atoms with Crippen LogP contribution in [0.2, 0.25) is 0 Å². The molecule has 2 atom stereocenters. The van der Waals surface area contributed by atoms with Crippen LogP contribution < -0.4 is 10.2 Å². The van der Waals surface area contributed by atoms with Crippen LogP contribution in [-0.2, 0) is 9.47 Å². The second-order valence-electron chi connectivity index (χ2n) is 6.16. The zero-order chi connectivity index (χ0) is 16.2. The van der Waals surface area contributed by atoms with Crippen molar-refractivity contribution in [2.24, 2.45) is 0 Å². The van der Waals surface area contributed by atoms with Crippen LogP contribution >= 0.6 is 11.3 Å². The summed E-state index contributed by atoms with van der Waals surface area (Å²) in [5.41, 5.74) is 1.23. The molecule has 2 aromatic heterocycles. The van der Waals surface area contributed by atoms with E-state index >= 15 is 0 Å². The van der Waals surface area contributed by atoms with E-state index in [0.717, 1.165) is 50.9 Å². The topological polar surface area (TPSA) is 59.5 Å². The summed E-state index contributed by atoms with van der Waals surface area (Å²) in [7, 11) is 0. The van der Waals surface area contributed by atoms with E-state index in [-0.39, 0.29) is 6.10 Å². The van der Waals surface area contributed by atoms with Crippen LogP contribution in [0, 0.1) is 0 Å². The van der Waals surface area contributed by atoms with Gasteiger partial charge in [-0.25, -0.2) is 4.98 Å². The molecule has 6 nitrogen and oxygen atoms in total. The molecule has 4 heterocycles. The van der Waals surface area contributed by atoms with E-state index in [2.05, 4.69) is 32.0 Å². The molecule has 24 heavy (non-hydrogen) atoms. The van der Waals surface area contributed by atoms with E-state index in [1.54, 1.807) is 11.3 Å². The number of rotatable bonds is 4. The Hall–Kier alpha value is -1.70. The Morgan fingerprint density at radius 3 is 3.12 bits per heavy atom. The van der Waals surface area contributed by atoms with Gasteiger partial charge in [0.25, 0.3) is 0 Å². The molecule has 0 aliphatic carbocycles. The van der Waals surface area contributed by atoms with Gasteiger partial charge in [-0.2, -0.15) is 16.3 Å². The van der Waals surface area contributed by atoms with Crippen molar-refractivity contribution in [2.75, 3.05) is 43.1 Å². The van der Waals surface area contributed by atoms with Crippen molar-refractivity contribution in [3.05, 3.63) is 34.7 Å². The predicted molar refractivity (Wildman–Crippen MR) is 94.7 cm³/mol. The quantitative estimate of drug-likeness (QED) is 0.918. The van der Waals surface area contributed by atoms with Crippen molar-refractivity contribution >= 4 is 23.1 Å². The lowest BCUT2D eigenvalue weighted by Gasteiger charge is -2.33. The molecule has 128 valence electrons. The van der Waals surface area contributed by atoms with Crippen LogP contribution in [0.4, 0.5) is 11.8 Å². The second-order valence-corrected chi connectivity index (χ2v) is 6.94. The smallest absolute Gasteiger partial charge is 0.227 e. The maximum absolute atomic E-state index is 5.90. The fraction of sp³-hybridized carbons (Fsp3) is 0.529. The van der Waals surface area contributed by atoms with Crippen molar-refractivity contribution in [1.82, 2.24) is 9.97 Å². The molecule has 0 radical (unpaired) electrons. The van der Waals surface area contributed by atoms with Gasteiger partial charge in [-0.05, 0) is 41.3 Å². The summed E-state index contributed by atoms with van der Waals surface area (Å²) in [5, 5.41) is 7.70. The van der Waals surface area contributed by atoms with E-state index in [1.165, 1.54) is 5.56 Å². The molecule has 2 unspecified atom stereocenters. The lowest BCUT2D eigenvalue weighted by atomic mass is 10.1. The maximum Gasteiger partial charge on any atom is 0.227 e. The molecule has 0 amide bonds. The highest BCUT2D eigenvalue weighted by Crippen LogP contribution is 2.26. The van der Waals surface area contributed by atoms with Gasteiger partial charge in [0, 0.05) is 19.3 Å². The van der Waals surface area contributed by atoms with E-state index < -0.39 is 0 Å². The number of hydrogen-bond acceptors (Lipinski definition) is 7. The third-order valence-electron chi connectivity index (χ3n) is 4.42. The van der Waals surface area contributed by atoms with E-state index in [1.807, 2.05) is 12.3 Å². The molecule has 1 N–H and O–H groups in total. The summed E-state index contributed by atoms with van der Waals surface area (Å²) >= 11 is 1.70. The zero-order valence-electron chi connectivity index (χ0n) is 13.6. The number of thiophene rings is 1. The average Bonchev–Trinajstić information content (AvgIpc) is 3.18. The van der Waals surface area contributed by atoms with Crippen LogP contribution in [0.1, 0.15) is 24.5 Å². The number of hydrogen-bond donors (Lipinski definition) is 1. The largest absolute Gasteiger partial charge is 0.379 e. The Labute approximate surface area is 145 Å². The van der Waals surface area contributed by atoms with E-state index in [4.69, 9.17) is 14.5 Å². The number of anilines is 2. The third-order valence-corrected chi connectivity index (χ3v) is 5.12. The number of morpholine rings is 1. The highest BCUT2D eigenvalue weighted by atomic mass is 32.1. The molecule has 2 aliphatic rings. The highest BCUT2D eigenvalue weighted by molar-refractivity contribution is 7.07.